The topological polar surface area (TPSA) is 45.2 Å². The number of carbonyl (C=O) groups is 1. The number of pyridine rings is 1. The Morgan fingerprint density at radius 2 is 1.85 bits per heavy atom. The van der Waals surface area contributed by atoms with Gasteiger partial charge in [-0.15, -0.1) is 0 Å². The quantitative estimate of drug-likeness (QED) is 0.921. The Kier molecular flexibility index (Phi) is 5.39. The SMILES string of the molecule is CCNc1cc(C(=O)N2CCCCCCC2)cc(C)n1. The van der Waals surface area contributed by atoms with Crippen LogP contribution in [0, 0.1) is 6.92 Å². The van der Waals surface area contributed by atoms with Crippen molar-refractivity contribution >= 4 is 11.7 Å². The van der Waals surface area contributed by atoms with Crippen LogP contribution in [0.4, 0.5) is 5.82 Å². The maximum Gasteiger partial charge on any atom is 0.254 e. The van der Waals surface area contributed by atoms with Crippen molar-refractivity contribution in [1.82, 2.24) is 9.88 Å². The van der Waals surface area contributed by atoms with Gasteiger partial charge in [0.1, 0.15) is 5.82 Å². The zero-order valence-corrected chi connectivity index (χ0v) is 12.6. The lowest BCUT2D eigenvalue weighted by Gasteiger charge is -2.25. The molecule has 0 unspecified atom stereocenters. The molecule has 20 heavy (non-hydrogen) atoms. The van der Waals surface area contributed by atoms with E-state index in [4.69, 9.17) is 0 Å². The number of hydrogen-bond donors (Lipinski definition) is 1. The molecule has 1 saturated heterocycles. The molecule has 0 radical (unpaired) electrons. The van der Waals surface area contributed by atoms with Gasteiger partial charge in [-0.25, -0.2) is 4.98 Å². The highest BCUT2D eigenvalue weighted by Crippen LogP contribution is 2.16. The number of likely N-dealkylation sites (tertiary alicyclic amines) is 1. The molecule has 4 heteroatoms. The van der Waals surface area contributed by atoms with E-state index >= 15 is 0 Å². The van der Waals surface area contributed by atoms with Gasteiger partial charge in [-0.05, 0) is 38.8 Å². The number of nitrogens with one attached hydrogen (secondary N) is 1. The Bertz CT molecular complexity index is 451. The fraction of sp³-hybridized carbons (Fsp3) is 0.625. The minimum atomic E-state index is 0.150. The van der Waals surface area contributed by atoms with E-state index in [2.05, 4.69) is 10.3 Å². The Morgan fingerprint density at radius 1 is 1.20 bits per heavy atom. The standard InChI is InChI=1S/C16H25N3O/c1-3-17-15-12-14(11-13(2)18-15)16(20)19-9-7-5-4-6-8-10-19/h11-12H,3-10H2,1-2H3,(H,17,18). The fourth-order valence-electron chi connectivity index (χ4n) is 2.70. The predicted octanol–water partition coefficient (Wildman–Crippen LogP) is 3.23. The Balaban J connectivity index is 2.14. The molecule has 0 atom stereocenters. The van der Waals surface area contributed by atoms with Crippen LogP contribution >= 0.6 is 0 Å². The largest absolute Gasteiger partial charge is 0.370 e. The zero-order valence-electron chi connectivity index (χ0n) is 12.6. The van der Waals surface area contributed by atoms with Crippen LogP contribution in [0.15, 0.2) is 12.1 Å². The summed E-state index contributed by atoms with van der Waals surface area (Å²) in [7, 11) is 0. The van der Waals surface area contributed by atoms with Crippen molar-refractivity contribution in [3.8, 4) is 0 Å². The van der Waals surface area contributed by atoms with Gasteiger partial charge in [0.25, 0.3) is 5.91 Å². The predicted molar refractivity (Wildman–Crippen MR) is 82.1 cm³/mol. The summed E-state index contributed by atoms with van der Waals surface area (Å²) >= 11 is 0. The molecule has 0 saturated carbocycles. The van der Waals surface area contributed by atoms with Crippen LogP contribution in [0.1, 0.15) is 55.1 Å². The highest BCUT2D eigenvalue weighted by Gasteiger charge is 2.17. The number of rotatable bonds is 3. The molecule has 0 spiro atoms. The third-order valence-electron chi connectivity index (χ3n) is 3.70. The molecule has 1 aliphatic rings. The van der Waals surface area contributed by atoms with Crippen molar-refractivity contribution in [1.29, 1.82) is 0 Å². The molecule has 1 amide bonds. The Labute approximate surface area is 121 Å². The summed E-state index contributed by atoms with van der Waals surface area (Å²) in [5, 5.41) is 3.19. The third-order valence-corrected chi connectivity index (χ3v) is 3.70. The Hall–Kier alpha value is -1.58. The van der Waals surface area contributed by atoms with Crippen molar-refractivity contribution in [3.63, 3.8) is 0 Å². The molecule has 110 valence electrons. The summed E-state index contributed by atoms with van der Waals surface area (Å²) in [6.45, 7) is 6.55. The molecule has 0 bridgehead atoms. The van der Waals surface area contributed by atoms with E-state index < -0.39 is 0 Å². The average Bonchev–Trinajstić information content (AvgIpc) is 2.37. The van der Waals surface area contributed by atoms with E-state index in [1.165, 1.54) is 19.3 Å². The molecule has 2 heterocycles. The van der Waals surface area contributed by atoms with Crippen LogP contribution in [0.5, 0.6) is 0 Å². The summed E-state index contributed by atoms with van der Waals surface area (Å²) in [5.74, 6) is 0.944. The van der Waals surface area contributed by atoms with Gasteiger partial charge >= 0.3 is 0 Å². The van der Waals surface area contributed by atoms with Crippen LogP contribution in [0.2, 0.25) is 0 Å². The normalized spacial score (nSPS) is 16.4. The van der Waals surface area contributed by atoms with Gasteiger partial charge in [-0.1, -0.05) is 19.3 Å². The smallest absolute Gasteiger partial charge is 0.254 e. The number of carbonyl (C=O) groups excluding carboxylic acids is 1. The highest BCUT2D eigenvalue weighted by molar-refractivity contribution is 5.95. The van der Waals surface area contributed by atoms with Gasteiger partial charge in [-0.2, -0.15) is 0 Å². The molecule has 1 aromatic heterocycles. The maximum atomic E-state index is 12.6. The molecule has 1 aromatic rings. The van der Waals surface area contributed by atoms with Crippen LogP contribution < -0.4 is 5.32 Å². The molecule has 0 aliphatic carbocycles. The van der Waals surface area contributed by atoms with Crippen LogP contribution in [-0.4, -0.2) is 35.4 Å². The molecule has 1 aliphatic heterocycles. The molecule has 2 rings (SSSR count). The fourth-order valence-corrected chi connectivity index (χ4v) is 2.70. The summed E-state index contributed by atoms with van der Waals surface area (Å²) in [6.07, 6.45) is 6.02. The first kappa shape index (κ1) is 14.8. The first-order chi connectivity index (χ1) is 9.70. The Morgan fingerprint density at radius 3 is 2.50 bits per heavy atom. The summed E-state index contributed by atoms with van der Waals surface area (Å²) in [4.78, 5) is 19.1. The number of nitrogens with zero attached hydrogens (tertiary/aromatic N) is 2. The van der Waals surface area contributed by atoms with E-state index in [9.17, 15) is 4.79 Å². The van der Waals surface area contributed by atoms with Crippen molar-refractivity contribution < 1.29 is 4.79 Å². The molecular weight excluding hydrogens is 250 g/mol. The summed E-state index contributed by atoms with van der Waals surface area (Å²) in [6, 6.07) is 3.76. The minimum Gasteiger partial charge on any atom is -0.370 e. The van der Waals surface area contributed by atoms with Crippen LogP contribution in [-0.2, 0) is 0 Å². The molecular formula is C16H25N3O. The van der Waals surface area contributed by atoms with Crippen molar-refractivity contribution in [2.24, 2.45) is 0 Å². The molecule has 1 fully saturated rings. The minimum absolute atomic E-state index is 0.150. The van der Waals surface area contributed by atoms with Crippen molar-refractivity contribution in [3.05, 3.63) is 23.4 Å². The second-order valence-electron chi connectivity index (χ2n) is 5.47. The monoisotopic (exact) mass is 275 g/mol. The summed E-state index contributed by atoms with van der Waals surface area (Å²) in [5.41, 5.74) is 1.65. The molecule has 1 N–H and O–H groups in total. The lowest BCUT2D eigenvalue weighted by atomic mass is 10.1. The highest BCUT2D eigenvalue weighted by atomic mass is 16.2. The van der Waals surface area contributed by atoms with Crippen molar-refractivity contribution in [2.75, 3.05) is 25.0 Å². The maximum absolute atomic E-state index is 12.6. The lowest BCUT2D eigenvalue weighted by Crippen LogP contribution is -2.34. The van der Waals surface area contributed by atoms with E-state index in [-0.39, 0.29) is 5.91 Å². The zero-order chi connectivity index (χ0) is 14.4. The third kappa shape index (κ3) is 3.95. The first-order valence-corrected chi connectivity index (χ1v) is 7.72. The average molecular weight is 275 g/mol. The second-order valence-corrected chi connectivity index (χ2v) is 5.47. The molecule has 4 nitrogen and oxygen atoms in total. The van der Waals surface area contributed by atoms with E-state index in [0.29, 0.717) is 0 Å². The van der Waals surface area contributed by atoms with Gasteiger partial charge < -0.3 is 10.2 Å². The lowest BCUT2D eigenvalue weighted by molar-refractivity contribution is 0.0742. The number of hydrogen-bond acceptors (Lipinski definition) is 3. The van der Waals surface area contributed by atoms with Gasteiger partial charge in [-0.3, -0.25) is 4.79 Å². The van der Waals surface area contributed by atoms with Crippen LogP contribution in [0.3, 0.4) is 0 Å². The molecule has 0 aromatic carbocycles. The van der Waals surface area contributed by atoms with Crippen LogP contribution in [0.25, 0.3) is 0 Å². The van der Waals surface area contributed by atoms with E-state index in [1.54, 1.807) is 0 Å². The number of aromatic nitrogens is 1. The summed E-state index contributed by atoms with van der Waals surface area (Å²) < 4.78 is 0. The number of anilines is 1. The van der Waals surface area contributed by atoms with Crippen molar-refractivity contribution in [2.45, 2.75) is 46.0 Å². The second kappa shape index (κ2) is 7.27. The van der Waals surface area contributed by atoms with E-state index in [1.807, 2.05) is 30.9 Å². The van der Waals surface area contributed by atoms with Gasteiger partial charge in [0, 0.05) is 30.9 Å². The van der Waals surface area contributed by atoms with Gasteiger partial charge in [0.2, 0.25) is 0 Å². The van der Waals surface area contributed by atoms with Gasteiger partial charge in [0.05, 0.1) is 0 Å². The van der Waals surface area contributed by atoms with Gasteiger partial charge in [0.15, 0.2) is 0 Å². The first-order valence-electron chi connectivity index (χ1n) is 7.72. The number of amides is 1. The number of aryl methyl sites for hydroxylation is 1. The van der Waals surface area contributed by atoms with E-state index in [0.717, 1.165) is 49.6 Å².